The number of carbonyl (C=O) groups is 4. The molecule has 0 aliphatic rings. The van der Waals surface area contributed by atoms with E-state index in [1.807, 2.05) is 0 Å². The van der Waals surface area contributed by atoms with Gasteiger partial charge in [-0.2, -0.15) is 0 Å². The number of hydrogen-bond acceptors (Lipinski definition) is 6. The van der Waals surface area contributed by atoms with Crippen molar-refractivity contribution in [3.8, 4) is 0 Å². The van der Waals surface area contributed by atoms with E-state index in [-0.39, 0.29) is 25.2 Å². The molecule has 10 nitrogen and oxygen atoms in total. The van der Waals surface area contributed by atoms with Crippen LogP contribution in [0.2, 0.25) is 0 Å². The van der Waals surface area contributed by atoms with Crippen LogP contribution in [0.5, 0.6) is 0 Å². The summed E-state index contributed by atoms with van der Waals surface area (Å²) < 4.78 is 0. The molecule has 24 heavy (non-hydrogen) atoms. The molecule has 0 aliphatic carbocycles. The van der Waals surface area contributed by atoms with Crippen molar-refractivity contribution < 1.29 is 29.4 Å². The SMILES string of the molecule is CC(C)C[C@H](NC(=O)[C@H](CCC(N)=O)NC(=O)[C@@H](N)CO)C(=O)O. The van der Waals surface area contributed by atoms with E-state index in [9.17, 15) is 19.2 Å². The number of carboxylic acids is 1. The molecule has 10 heteroatoms. The zero-order valence-electron chi connectivity index (χ0n) is 13.8. The minimum atomic E-state index is -1.24. The number of amides is 3. The van der Waals surface area contributed by atoms with Gasteiger partial charge >= 0.3 is 5.97 Å². The van der Waals surface area contributed by atoms with Gasteiger partial charge in [0.1, 0.15) is 18.1 Å². The Morgan fingerprint density at radius 1 is 1.04 bits per heavy atom. The lowest BCUT2D eigenvalue weighted by atomic mass is 10.0. The summed E-state index contributed by atoms with van der Waals surface area (Å²) in [5, 5.41) is 22.6. The molecule has 0 aromatic heterocycles. The summed E-state index contributed by atoms with van der Waals surface area (Å²) in [5.74, 6) is -3.41. The van der Waals surface area contributed by atoms with Gasteiger partial charge in [-0.1, -0.05) is 13.8 Å². The van der Waals surface area contributed by atoms with Gasteiger partial charge in [-0.05, 0) is 18.8 Å². The van der Waals surface area contributed by atoms with Gasteiger partial charge in [0.05, 0.1) is 6.61 Å². The molecule has 0 spiro atoms. The van der Waals surface area contributed by atoms with Crippen molar-refractivity contribution in [1.29, 1.82) is 0 Å². The molecule has 0 saturated heterocycles. The average molecular weight is 346 g/mol. The highest BCUT2D eigenvalue weighted by Gasteiger charge is 2.28. The Morgan fingerprint density at radius 2 is 1.58 bits per heavy atom. The molecule has 3 atom stereocenters. The fourth-order valence-corrected chi connectivity index (χ4v) is 1.88. The summed E-state index contributed by atoms with van der Waals surface area (Å²) in [6, 6.07) is -3.55. The second-order valence-corrected chi connectivity index (χ2v) is 5.88. The van der Waals surface area contributed by atoms with E-state index >= 15 is 0 Å². The van der Waals surface area contributed by atoms with Crippen LogP contribution < -0.4 is 22.1 Å². The maximum Gasteiger partial charge on any atom is 0.326 e. The Hall–Kier alpha value is -2.20. The van der Waals surface area contributed by atoms with Crippen molar-refractivity contribution in [3.63, 3.8) is 0 Å². The predicted molar refractivity (Wildman–Crippen MR) is 84.4 cm³/mol. The number of aliphatic hydroxyl groups excluding tert-OH is 1. The molecule has 0 radical (unpaired) electrons. The molecule has 0 bridgehead atoms. The lowest BCUT2D eigenvalue weighted by Crippen LogP contribution is -2.55. The normalized spacial score (nSPS) is 14.5. The molecular formula is C14H26N4O6. The number of nitrogens with two attached hydrogens (primary N) is 2. The highest BCUT2D eigenvalue weighted by molar-refractivity contribution is 5.92. The van der Waals surface area contributed by atoms with Crippen molar-refractivity contribution >= 4 is 23.7 Å². The Balaban J connectivity index is 5.02. The fourth-order valence-electron chi connectivity index (χ4n) is 1.88. The summed E-state index contributed by atoms with van der Waals surface area (Å²) in [7, 11) is 0. The van der Waals surface area contributed by atoms with E-state index in [0.29, 0.717) is 0 Å². The van der Waals surface area contributed by atoms with Crippen molar-refractivity contribution in [3.05, 3.63) is 0 Å². The quantitative estimate of drug-likeness (QED) is 0.242. The summed E-state index contributed by atoms with van der Waals surface area (Å²) >= 11 is 0. The van der Waals surface area contributed by atoms with E-state index in [2.05, 4.69) is 10.6 Å². The molecular weight excluding hydrogens is 320 g/mol. The van der Waals surface area contributed by atoms with E-state index < -0.39 is 48.4 Å². The van der Waals surface area contributed by atoms with Crippen molar-refractivity contribution in [1.82, 2.24) is 10.6 Å². The first-order valence-corrected chi connectivity index (χ1v) is 7.56. The van der Waals surface area contributed by atoms with Gasteiger partial charge < -0.3 is 32.3 Å². The number of carbonyl (C=O) groups excluding carboxylic acids is 3. The number of hydrogen-bond donors (Lipinski definition) is 6. The average Bonchev–Trinajstić information content (AvgIpc) is 2.48. The van der Waals surface area contributed by atoms with Crippen LogP contribution in [0.25, 0.3) is 0 Å². The largest absolute Gasteiger partial charge is 0.480 e. The number of rotatable bonds is 11. The van der Waals surface area contributed by atoms with Crippen LogP contribution in [-0.2, 0) is 19.2 Å². The van der Waals surface area contributed by atoms with Crippen molar-refractivity contribution in [2.24, 2.45) is 17.4 Å². The molecule has 8 N–H and O–H groups in total. The number of carboxylic acid groups (broad SMARTS) is 1. The van der Waals surface area contributed by atoms with Crippen LogP contribution >= 0.6 is 0 Å². The second-order valence-electron chi connectivity index (χ2n) is 5.88. The molecule has 0 fully saturated rings. The molecule has 0 rings (SSSR count). The lowest BCUT2D eigenvalue weighted by molar-refractivity contribution is -0.142. The summed E-state index contributed by atoms with van der Waals surface area (Å²) in [5.41, 5.74) is 10.4. The monoisotopic (exact) mass is 346 g/mol. The van der Waals surface area contributed by atoms with Gasteiger partial charge in [-0.15, -0.1) is 0 Å². The van der Waals surface area contributed by atoms with Gasteiger partial charge in [-0.25, -0.2) is 4.79 Å². The number of aliphatic carboxylic acids is 1. The Kier molecular flexibility index (Phi) is 9.58. The standard InChI is InChI=1S/C14H26N4O6/c1-7(2)5-10(14(23)24)18-13(22)9(3-4-11(16)20)17-12(21)8(15)6-19/h7-10,19H,3-6,15H2,1-2H3,(H2,16,20)(H,17,21)(H,18,22)(H,23,24)/t8-,9-,10-/m0/s1. The third-order valence-corrected chi connectivity index (χ3v) is 3.17. The van der Waals surface area contributed by atoms with Crippen molar-refractivity contribution in [2.75, 3.05) is 6.61 Å². The summed E-state index contributed by atoms with van der Waals surface area (Å²) in [4.78, 5) is 46.1. The zero-order valence-corrected chi connectivity index (χ0v) is 13.8. The Bertz CT molecular complexity index is 468. The van der Waals surface area contributed by atoms with Gasteiger partial charge in [0.2, 0.25) is 17.7 Å². The molecule has 138 valence electrons. The minimum absolute atomic E-state index is 0.0212. The van der Waals surface area contributed by atoms with E-state index in [1.165, 1.54) is 0 Å². The highest BCUT2D eigenvalue weighted by atomic mass is 16.4. The lowest BCUT2D eigenvalue weighted by Gasteiger charge is -2.23. The van der Waals surface area contributed by atoms with Gasteiger partial charge in [-0.3, -0.25) is 14.4 Å². The predicted octanol–water partition coefficient (Wildman–Crippen LogP) is -2.33. The molecule has 3 amide bonds. The molecule has 0 heterocycles. The highest BCUT2D eigenvalue weighted by Crippen LogP contribution is 2.06. The first-order chi connectivity index (χ1) is 11.1. The van der Waals surface area contributed by atoms with Crippen LogP contribution in [0.15, 0.2) is 0 Å². The van der Waals surface area contributed by atoms with Crippen LogP contribution in [0, 0.1) is 5.92 Å². The summed E-state index contributed by atoms with van der Waals surface area (Å²) in [6.45, 7) is 2.98. The number of aliphatic hydroxyl groups is 1. The number of nitrogens with one attached hydrogen (secondary N) is 2. The minimum Gasteiger partial charge on any atom is -0.480 e. The topological polar surface area (TPSA) is 185 Å². The van der Waals surface area contributed by atoms with E-state index in [4.69, 9.17) is 21.7 Å². The molecule has 0 saturated carbocycles. The van der Waals surface area contributed by atoms with Crippen molar-refractivity contribution in [2.45, 2.75) is 51.2 Å². The van der Waals surface area contributed by atoms with E-state index in [0.717, 1.165) is 0 Å². The van der Waals surface area contributed by atoms with Gasteiger partial charge in [0, 0.05) is 6.42 Å². The molecule has 0 aromatic rings. The Morgan fingerprint density at radius 3 is 2.00 bits per heavy atom. The van der Waals surface area contributed by atoms with Crippen LogP contribution in [0.4, 0.5) is 0 Å². The second kappa shape index (κ2) is 10.6. The smallest absolute Gasteiger partial charge is 0.326 e. The zero-order chi connectivity index (χ0) is 18.9. The summed E-state index contributed by atoms with van der Waals surface area (Å²) in [6.07, 6.45) is -0.0958. The van der Waals surface area contributed by atoms with Crippen LogP contribution in [0.3, 0.4) is 0 Å². The first-order valence-electron chi connectivity index (χ1n) is 7.56. The van der Waals surface area contributed by atoms with Crippen LogP contribution in [-0.4, -0.2) is 58.6 Å². The third-order valence-electron chi connectivity index (χ3n) is 3.17. The molecule has 0 unspecified atom stereocenters. The fraction of sp³-hybridized carbons (Fsp3) is 0.714. The van der Waals surface area contributed by atoms with Gasteiger partial charge in [0.25, 0.3) is 0 Å². The van der Waals surface area contributed by atoms with Gasteiger partial charge in [0.15, 0.2) is 0 Å². The molecule has 0 aromatic carbocycles. The van der Waals surface area contributed by atoms with Crippen LogP contribution in [0.1, 0.15) is 33.1 Å². The Labute approximate surface area is 139 Å². The first kappa shape index (κ1) is 21.8. The number of primary amides is 1. The maximum atomic E-state index is 12.3. The van der Waals surface area contributed by atoms with E-state index in [1.54, 1.807) is 13.8 Å². The third kappa shape index (κ3) is 8.44. The maximum absolute atomic E-state index is 12.3. The molecule has 0 aliphatic heterocycles.